The van der Waals surface area contributed by atoms with Crippen LogP contribution in [0.1, 0.15) is 71.5 Å². The highest BCUT2D eigenvalue weighted by atomic mass is 32.1. The molecule has 0 aliphatic carbocycles. The number of likely N-dealkylation sites (tertiary alicyclic amines) is 1. The molecule has 3 aromatic carbocycles. The molecular weight excluding hydrogens is 1710 g/mol. The normalized spacial score (nSPS) is 17.9. The highest BCUT2D eigenvalue weighted by molar-refractivity contribution is 7.80. The lowest BCUT2D eigenvalue weighted by atomic mass is 10.0. The first-order valence-electron chi connectivity index (χ1n) is 41.9. The lowest BCUT2D eigenvalue weighted by Gasteiger charge is -2.36. The summed E-state index contributed by atoms with van der Waals surface area (Å²) < 4.78 is 51.9. The van der Waals surface area contributed by atoms with Crippen LogP contribution in [0, 0.1) is 11.3 Å². The number of benzene rings is 3. The fourth-order valence-corrected chi connectivity index (χ4v) is 15.8. The van der Waals surface area contributed by atoms with Gasteiger partial charge in [-0.25, -0.2) is 28.3 Å². The van der Waals surface area contributed by atoms with E-state index in [4.69, 9.17) is 55.6 Å². The van der Waals surface area contributed by atoms with Crippen molar-refractivity contribution in [1.29, 1.82) is 5.26 Å². The number of aliphatic carboxylic acids is 3. The van der Waals surface area contributed by atoms with E-state index in [0.717, 1.165) is 42.2 Å². The van der Waals surface area contributed by atoms with E-state index >= 15 is 0 Å². The average Bonchev–Trinajstić information content (AvgIpc) is 1.78. The lowest BCUT2D eigenvalue weighted by Crippen LogP contribution is -2.50. The maximum Gasteiger partial charge on any atom is 0.354 e. The number of ketones is 1. The molecule has 3 aromatic heterocycles. The van der Waals surface area contributed by atoms with E-state index < -0.39 is 79.2 Å². The molecule has 37 nitrogen and oxygen atoms in total. The summed E-state index contributed by atoms with van der Waals surface area (Å²) in [5, 5.41) is 78.6. The van der Waals surface area contributed by atoms with E-state index in [0.29, 0.717) is 175 Å². The van der Waals surface area contributed by atoms with Crippen LogP contribution in [0.4, 0.5) is 31.5 Å². The second-order valence-corrected chi connectivity index (χ2v) is 32.3. The minimum atomic E-state index is -3.19. The number of aromatic nitrogens is 3. The number of alkyl halides is 2. The van der Waals surface area contributed by atoms with Crippen molar-refractivity contribution in [2.45, 2.75) is 50.4 Å². The van der Waals surface area contributed by atoms with Gasteiger partial charge in [-0.1, -0.05) is 18.2 Å². The summed E-state index contributed by atoms with van der Waals surface area (Å²) >= 11 is 17.5. The SMILES string of the molecule is CN(CCCN1CCN(C(=S)Nc2ccc(C(=O)CN(CCNC(=S)Nc3ccc(CC4CN(CC(=O)O)CCN(CC(=O)O)CCN4CC(=O)O)cc3)CCNC(=S)Nc3cc(CN4CCOCCOCCN(Cc5cccc(C(=O)O)n5)CCOCCOCC4)nc(C(=O)O)c3)cc2)CC1)c1ccc2nccc(C(=O)NCC(=O)N3CC(F)(F)C[C@H]3C#N)c2c1. The molecule has 6 aromatic rings. The predicted octanol–water partition coefficient (Wildman–Crippen LogP) is 3.68. The van der Waals surface area contributed by atoms with Gasteiger partial charge in [0.2, 0.25) is 5.91 Å². The third kappa shape index (κ3) is 33.0. The van der Waals surface area contributed by atoms with Gasteiger partial charge in [-0.2, -0.15) is 5.26 Å². The molecule has 4 aliphatic rings. The number of nitrogens with one attached hydrogen (secondary N) is 6. The van der Waals surface area contributed by atoms with Crippen LogP contribution in [0.25, 0.3) is 10.9 Å². The smallest absolute Gasteiger partial charge is 0.354 e. The van der Waals surface area contributed by atoms with Gasteiger partial charge in [-0.3, -0.25) is 68.1 Å². The number of nitrogens with zero attached hydrogens (tertiary/aromatic N) is 14. The standard InChI is InChI=1S/C85H110F2N20O17S3/c1-98(66-14-15-71-70(47-66)69(16-17-89-71)79(116)92-50-75(109)107-58-85(86,87)48-68(107)49-88)20-3-21-99-26-29-105(30-27-99)84(127)97-62-12-8-60(9-13-62)74(108)54-100(22-18-90-82(125)95-61-10-6-59(7-11-61)44-67-53-104(56-77(112)113)25-24-101(55-76(110)111)28-31-106(67)57-78(114)115)23-19-91-83(126)96-64-45-65(94-73(46-64)81(119)120)52-103-34-38-123-42-40-121-36-32-102(33-37-122-41-43-124-39-35-103)51-63-4-2-5-72(93-63)80(117)118/h2,4-17,45-47,67-68H,3,18-44,48,50-58H2,1H3,(H,92,116)(H,97,127)(H,110,111)(H,112,113)(H,114,115)(H,117,118)(H,119,120)(H2,90,95,125)(H2,91,94,96,126)/t67?,68-/m0/s1. The number of amides is 2. The van der Waals surface area contributed by atoms with E-state index in [1.165, 1.54) is 24.4 Å². The molecule has 0 saturated carbocycles. The molecule has 4 fully saturated rings. The monoisotopic (exact) mass is 1820 g/mol. The van der Waals surface area contributed by atoms with Crippen LogP contribution >= 0.6 is 36.7 Å². The molecule has 4 aliphatic heterocycles. The highest BCUT2D eigenvalue weighted by Gasteiger charge is 2.47. The Morgan fingerprint density at radius 3 is 1.76 bits per heavy atom. The first-order chi connectivity index (χ1) is 61.1. The molecule has 1 unspecified atom stereocenters. The van der Waals surface area contributed by atoms with Gasteiger partial charge in [0.05, 0.1) is 121 Å². The number of aromatic carboxylic acids is 2. The number of nitriles is 1. The summed E-state index contributed by atoms with van der Waals surface area (Å²) in [5.41, 5.74) is 5.42. The Bertz CT molecular complexity index is 4770. The zero-order valence-electron chi connectivity index (χ0n) is 70.8. The molecule has 0 spiro atoms. The van der Waals surface area contributed by atoms with Gasteiger partial charge in [-0.05, 0) is 147 Å². The summed E-state index contributed by atoms with van der Waals surface area (Å²) in [6.45, 7) is 9.66. The number of carboxylic acid groups (broad SMARTS) is 5. The number of rotatable bonds is 34. The van der Waals surface area contributed by atoms with Gasteiger partial charge in [0, 0.05) is 190 Å². The number of anilines is 4. The van der Waals surface area contributed by atoms with Crippen LogP contribution in [-0.4, -0.2) is 389 Å². The van der Waals surface area contributed by atoms with Crippen LogP contribution in [0.3, 0.4) is 0 Å². The zero-order valence-corrected chi connectivity index (χ0v) is 73.2. The average molecular weight is 1820 g/mol. The highest BCUT2D eigenvalue weighted by Crippen LogP contribution is 2.32. The fraction of sp³-hybridized carbons (Fsp3) is 0.494. The Kier molecular flexibility index (Phi) is 38.7. The third-order valence-electron chi connectivity index (χ3n) is 21.7. The topological polar surface area (TPSA) is 442 Å². The molecule has 42 heteroatoms. The van der Waals surface area contributed by atoms with E-state index in [2.05, 4.69) is 66.5 Å². The predicted molar refractivity (Wildman–Crippen MR) is 480 cm³/mol. The van der Waals surface area contributed by atoms with Gasteiger partial charge >= 0.3 is 29.8 Å². The molecule has 4 saturated heterocycles. The number of hydrogen-bond acceptors (Lipinski definition) is 27. The van der Waals surface area contributed by atoms with Crippen molar-refractivity contribution < 1.29 is 91.6 Å². The second-order valence-electron chi connectivity index (χ2n) is 31.1. The minimum Gasteiger partial charge on any atom is -0.480 e. The number of hydrogen-bond donors (Lipinski definition) is 11. The number of ether oxygens (including phenoxy) is 4. The first-order valence-corrected chi connectivity index (χ1v) is 43.1. The number of fused-ring (bicyclic) bond motifs is 1. The molecule has 2 amide bonds. The molecule has 0 radical (unpaired) electrons. The van der Waals surface area contributed by atoms with Crippen molar-refractivity contribution in [2.24, 2.45) is 0 Å². The molecule has 11 N–H and O–H groups in total. The number of carboxylic acids is 5. The molecular formula is C85H110F2N20O17S3. The van der Waals surface area contributed by atoms with Crippen molar-refractivity contribution in [3.05, 3.63) is 149 Å². The van der Waals surface area contributed by atoms with Crippen molar-refractivity contribution in [3.8, 4) is 6.07 Å². The molecule has 0 bridgehead atoms. The summed E-state index contributed by atoms with van der Waals surface area (Å²) in [6, 6.07) is 29.6. The number of halogens is 2. The number of carbonyl (C=O) groups is 8. The Morgan fingerprint density at radius 1 is 0.583 bits per heavy atom. The first kappa shape index (κ1) is 98.3. The van der Waals surface area contributed by atoms with Gasteiger partial charge in [0.1, 0.15) is 11.7 Å². The number of pyridine rings is 3. The van der Waals surface area contributed by atoms with E-state index in [1.54, 1.807) is 69.3 Å². The largest absolute Gasteiger partial charge is 0.480 e. The molecule has 127 heavy (non-hydrogen) atoms. The quantitative estimate of drug-likeness (QED) is 0.0203. The summed E-state index contributed by atoms with van der Waals surface area (Å²) in [7, 11) is 1.95. The molecule has 2 atom stereocenters. The van der Waals surface area contributed by atoms with Crippen molar-refractivity contribution in [2.75, 3.05) is 244 Å². The number of carbonyl (C=O) groups excluding carboxylic acids is 3. The maximum absolute atomic E-state index is 14.3. The molecule has 10 rings (SSSR count). The van der Waals surface area contributed by atoms with Crippen LogP contribution in [0.2, 0.25) is 0 Å². The summed E-state index contributed by atoms with van der Waals surface area (Å²) in [6.07, 6.45) is 1.90. The van der Waals surface area contributed by atoms with E-state index in [1.807, 2.05) is 53.2 Å². The van der Waals surface area contributed by atoms with E-state index in [-0.39, 0.29) is 111 Å². The van der Waals surface area contributed by atoms with Gasteiger partial charge < -0.3 is 91.1 Å². The van der Waals surface area contributed by atoms with Crippen LogP contribution in [-0.2, 0) is 57.6 Å². The Labute approximate surface area is 750 Å². The number of piperazine rings is 1. The lowest BCUT2D eigenvalue weighted by molar-refractivity contribution is -0.140. The summed E-state index contributed by atoms with van der Waals surface area (Å²) in [4.78, 5) is 132. The van der Waals surface area contributed by atoms with Crippen LogP contribution in [0.5, 0.6) is 0 Å². The molecule has 7 heterocycles. The zero-order chi connectivity index (χ0) is 90.8. The van der Waals surface area contributed by atoms with Crippen molar-refractivity contribution >= 4 is 133 Å². The molecule has 684 valence electrons. The van der Waals surface area contributed by atoms with Crippen molar-refractivity contribution in [1.82, 2.24) is 75.0 Å². The minimum absolute atomic E-state index is 0.0235. The fourth-order valence-electron chi connectivity index (χ4n) is 15.0. The number of Topliss-reactive ketones (excluding diaryl/α,β-unsaturated/α-hetero) is 1. The Hall–Kier alpha value is -10.9. The maximum atomic E-state index is 14.3. The van der Waals surface area contributed by atoms with Crippen LogP contribution in [0.15, 0.2) is 109 Å². The van der Waals surface area contributed by atoms with Gasteiger partial charge in [-0.15, -0.1) is 0 Å². The third-order valence-corrected chi connectivity index (χ3v) is 22.5. The number of thiocarbonyl (C=S) groups is 3. The van der Waals surface area contributed by atoms with Crippen LogP contribution < -0.4 is 36.8 Å². The van der Waals surface area contributed by atoms with Gasteiger partial charge in [0.25, 0.3) is 11.8 Å². The Balaban J connectivity index is 0.720. The summed E-state index contributed by atoms with van der Waals surface area (Å²) in [5.74, 6) is -10.3. The Morgan fingerprint density at radius 2 is 1.15 bits per heavy atom. The van der Waals surface area contributed by atoms with E-state index in [9.17, 15) is 77.9 Å². The van der Waals surface area contributed by atoms with Gasteiger partial charge in [0.15, 0.2) is 26.8 Å². The van der Waals surface area contributed by atoms with Crippen molar-refractivity contribution in [3.63, 3.8) is 0 Å². The second kappa shape index (κ2) is 50.0.